The Morgan fingerprint density at radius 3 is 2.73 bits per heavy atom. The van der Waals surface area contributed by atoms with Gasteiger partial charge in [0.25, 0.3) is 5.91 Å². The molecule has 3 rings (SSSR count). The standard InChI is InChI=1S/C17H17N5O3S/c1-12-7-8-14(26-12)17(24)18-9-16(23)25-11-15-19-20-21-22(15)10-13-5-3-2-4-6-13/h2-8H,9-11H2,1H3,(H,18,24). The molecule has 134 valence electrons. The van der Waals surface area contributed by atoms with Crippen LogP contribution in [-0.4, -0.2) is 38.6 Å². The number of benzene rings is 1. The number of amides is 1. The van der Waals surface area contributed by atoms with Gasteiger partial charge in [-0.1, -0.05) is 30.3 Å². The number of hydrogen-bond acceptors (Lipinski definition) is 7. The first-order chi connectivity index (χ1) is 12.6. The number of nitrogens with zero attached hydrogens (tertiary/aromatic N) is 4. The zero-order valence-electron chi connectivity index (χ0n) is 14.1. The van der Waals surface area contributed by atoms with Crippen LogP contribution in [-0.2, 0) is 22.7 Å². The molecule has 0 aliphatic rings. The number of hydrogen-bond donors (Lipinski definition) is 1. The number of aromatic nitrogens is 4. The Morgan fingerprint density at radius 2 is 2.00 bits per heavy atom. The Labute approximate surface area is 153 Å². The number of aryl methyl sites for hydroxylation is 1. The van der Waals surface area contributed by atoms with Crippen LogP contribution in [0.15, 0.2) is 42.5 Å². The fourth-order valence-electron chi connectivity index (χ4n) is 2.20. The molecule has 0 atom stereocenters. The Hall–Kier alpha value is -3.07. The molecule has 2 heterocycles. The third-order valence-corrected chi connectivity index (χ3v) is 4.50. The molecule has 1 N–H and O–H groups in total. The van der Waals surface area contributed by atoms with Crippen LogP contribution in [0.25, 0.3) is 0 Å². The van der Waals surface area contributed by atoms with Crippen molar-refractivity contribution in [2.45, 2.75) is 20.1 Å². The van der Waals surface area contributed by atoms with Crippen LogP contribution >= 0.6 is 11.3 Å². The summed E-state index contributed by atoms with van der Waals surface area (Å²) in [6.45, 7) is 2.12. The van der Waals surface area contributed by atoms with E-state index in [1.807, 2.05) is 43.3 Å². The monoisotopic (exact) mass is 371 g/mol. The maximum Gasteiger partial charge on any atom is 0.325 e. The highest BCUT2D eigenvalue weighted by Crippen LogP contribution is 2.14. The molecular weight excluding hydrogens is 354 g/mol. The molecule has 0 radical (unpaired) electrons. The average molecular weight is 371 g/mol. The lowest BCUT2D eigenvalue weighted by atomic mass is 10.2. The largest absolute Gasteiger partial charge is 0.456 e. The lowest BCUT2D eigenvalue weighted by molar-refractivity contribution is -0.144. The highest BCUT2D eigenvalue weighted by Gasteiger charge is 2.13. The van der Waals surface area contributed by atoms with Gasteiger partial charge in [0.05, 0.1) is 11.4 Å². The van der Waals surface area contributed by atoms with Crippen LogP contribution < -0.4 is 5.32 Å². The van der Waals surface area contributed by atoms with Crippen LogP contribution in [0.3, 0.4) is 0 Å². The van der Waals surface area contributed by atoms with Crippen LogP contribution in [0.5, 0.6) is 0 Å². The van der Waals surface area contributed by atoms with E-state index >= 15 is 0 Å². The van der Waals surface area contributed by atoms with Gasteiger partial charge in [-0.3, -0.25) is 9.59 Å². The molecule has 0 fully saturated rings. The van der Waals surface area contributed by atoms with E-state index in [4.69, 9.17) is 4.74 Å². The molecule has 0 saturated carbocycles. The lowest BCUT2D eigenvalue weighted by Crippen LogP contribution is -2.30. The molecule has 1 amide bonds. The lowest BCUT2D eigenvalue weighted by Gasteiger charge is -2.07. The number of nitrogens with one attached hydrogen (secondary N) is 1. The van der Waals surface area contributed by atoms with Crippen molar-refractivity contribution in [2.24, 2.45) is 0 Å². The van der Waals surface area contributed by atoms with Crippen molar-refractivity contribution in [2.75, 3.05) is 6.54 Å². The summed E-state index contributed by atoms with van der Waals surface area (Å²) in [5, 5.41) is 13.9. The molecule has 0 saturated heterocycles. The number of carbonyl (C=O) groups is 2. The molecule has 0 spiro atoms. The third kappa shape index (κ3) is 4.73. The predicted octanol–water partition coefficient (Wildman–Crippen LogP) is 1.56. The third-order valence-electron chi connectivity index (χ3n) is 3.50. The van der Waals surface area contributed by atoms with Crippen molar-refractivity contribution in [1.29, 1.82) is 0 Å². The van der Waals surface area contributed by atoms with E-state index in [0.717, 1.165) is 10.4 Å². The highest BCUT2D eigenvalue weighted by molar-refractivity contribution is 7.13. The zero-order chi connectivity index (χ0) is 18.4. The van der Waals surface area contributed by atoms with Gasteiger partial charge in [0.2, 0.25) is 0 Å². The first-order valence-corrected chi connectivity index (χ1v) is 8.72. The van der Waals surface area contributed by atoms with Gasteiger partial charge in [0, 0.05) is 4.88 Å². The second kappa shape index (κ2) is 8.34. The number of tetrazole rings is 1. The molecule has 2 aromatic heterocycles. The quantitative estimate of drug-likeness (QED) is 0.633. The number of thiophene rings is 1. The molecule has 8 nitrogen and oxygen atoms in total. The SMILES string of the molecule is Cc1ccc(C(=O)NCC(=O)OCc2nnnn2Cc2ccccc2)s1. The summed E-state index contributed by atoms with van der Waals surface area (Å²) in [5.74, 6) is -0.419. The minimum Gasteiger partial charge on any atom is -0.456 e. The average Bonchev–Trinajstić information content (AvgIpc) is 3.27. The highest BCUT2D eigenvalue weighted by atomic mass is 32.1. The van der Waals surface area contributed by atoms with Gasteiger partial charge in [-0.15, -0.1) is 16.4 Å². The van der Waals surface area contributed by atoms with Crippen LogP contribution in [0.4, 0.5) is 0 Å². The van der Waals surface area contributed by atoms with E-state index in [-0.39, 0.29) is 19.1 Å². The Balaban J connectivity index is 1.48. The maximum absolute atomic E-state index is 11.9. The fourth-order valence-corrected chi connectivity index (χ4v) is 2.98. The molecule has 0 aliphatic heterocycles. The first kappa shape index (κ1) is 17.7. The Morgan fingerprint density at radius 1 is 1.19 bits per heavy atom. The molecule has 0 aliphatic carbocycles. The number of esters is 1. The van der Waals surface area contributed by atoms with E-state index in [1.165, 1.54) is 11.3 Å². The number of rotatable bonds is 7. The predicted molar refractivity (Wildman–Crippen MR) is 94.5 cm³/mol. The van der Waals surface area contributed by atoms with Gasteiger partial charge >= 0.3 is 5.97 Å². The summed E-state index contributed by atoms with van der Waals surface area (Å²) < 4.78 is 6.71. The second-order valence-corrected chi connectivity index (χ2v) is 6.78. The molecule has 0 unspecified atom stereocenters. The van der Waals surface area contributed by atoms with Crippen molar-refractivity contribution in [3.8, 4) is 0 Å². The molecule has 1 aromatic carbocycles. The van der Waals surface area contributed by atoms with Crippen molar-refractivity contribution in [3.63, 3.8) is 0 Å². The van der Waals surface area contributed by atoms with Crippen molar-refractivity contribution < 1.29 is 14.3 Å². The van der Waals surface area contributed by atoms with E-state index in [2.05, 4.69) is 20.8 Å². The van der Waals surface area contributed by atoms with Gasteiger partial charge in [-0.2, -0.15) is 0 Å². The molecule has 0 bridgehead atoms. The summed E-state index contributed by atoms with van der Waals surface area (Å²) in [4.78, 5) is 25.3. The number of carbonyl (C=O) groups excluding carboxylic acids is 2. The van der Waals surface area contributed by atoms with E-state index in [1.54, 1.807) is 10.7 Å². The second-order valence-electron chi connectivity index (χ2n) is 5.49. The smallest absolute Gasteiger partial charge is 0.325 e. The van der Waals surface area contributed by atoms with Gasteiger partial charge in [0.15, 0.2) is 12.4 Å². The summed E-state index contributed by atoms with van der Waals surface area (Å²) in [7, 11) is 0. The summed E-state index contributed by atoms with van der Waals surface area (Å²) in [5.41, 5.74) is 1.03. The van der Waals surface area contributed by atoms with Crippen molar-refractivity contribution in [3.05, 3.63) is 63.6 Å². The summed E-state index contributed by atoms with van der Waals surface area (Å²) >= 11 is 1.37. The first-order valence-electron chi connectivity index (χ1n) is 7.91. The normalized spacial score (nSPS) is 10.5. The van der Waals surface area contributed by atoms with Crippen LogP contribution in [0.1, 0.15) is 25.9 Å². The molecule has 26 heavy (non-hydrogen) atoms. The van der Waals surface area contributed by atoms with Gasteiger partial charge in [0.1, 0.15) is 6.54 Å². The zero-order valence-corrected chi connectivity index (χ0v) is 14.9. The minimum atomic E-state index is -0.555. The minimum absolute atomic E-state index is 0.0628. The van der Waals surface area contributed by atoms with E-state index in [9.17, 15) is 9.59 Å². The summed E-state index contributed by atoms with van der Waals surface area (Å²) in [6, 6.07) is 13.3. The van der Waals surface area contributed by atoms with Crippen molar-refractivity contribution >= 4 is 23.2 Å². The van der Waals surface area contributed by atoms with Gasteiger partial charge in [-0.05, 0) is 35.0 Å². The Kier molecular flexibility index (Phi) is 5.69. The van der Waals surface area contributed by atoms with Gasteiger partial charge in [-0.25, -0.2) is 4.68 Å². The van der Waals surface area contributed by atoms with E-state index < -0.39 is 5.97 Å². The van der Waals surface area contributed by atoms with Crippen LogP contribution in [0, 0.1) is 6.92 Å². The topological polar surface area (TPSA) is 99.0 Å². The maximum atomic E-state index is 11.9. The fraction of sp³-hybridized carbons (Fsp3) is 0.235. The number of ether oxygens (including phenoxy) is 1. The summed E-state index contributed by atoms with van der Waals surface area (Å²) in [6.07, 6.45) is 0. The van der Waals surface area contributed by atoms with Gasteiger partial charge < -0.3 is 10.1 Å². The van der Waals surface area contributed by atoms with E-state index in [0.29, 0.717) is 17.2 Å². The Bertz CT molecular complexity index is 891. The van der Waals surface area contributed by atoms with Crippen molar-refractivity contribution in [1.82, 2.24) is 25.5 Å². The molecule has 9 heteroatoms. The van der Waals surface area contributed by atoms with Crippen LogP contribution in [0.2, 0.25) is 0 Å². The molecule has 3 aromatic rings. The molecular formula is C17H17N5O3S.